The molecule has 0 spiro atoms. The Morgan fingerprint density at radius 2 is 2.10 bits per heavy atom. The molecule has 0 saturated heterocycles. The Kier molecular flexibility index (Phi) is 5.14. The van der Waals surface area contributed by atoms with Crippen LogP contribution in [-0.4, -0.2) is 16.9 Å². The molecule has 6 heteroatoms. The number of anilines is 1. The Hall–Kier alpha value is -2.11. The van der Waals surface area contributed by atoms with Crippen molar-refractivity contribution in [1.29, 1.82) is 0 Å². The summed E-state index contributed by atoms with van der Waals surface area (Å²) in [6, 6.07) is 11.5. The second kappa shape index (κ2) is 7.06. The zero-order valence-corrected chi connectivity index (χ0v) is 12.4. The van der Waals surface area contributed by atoms with E-state index >= 15 is 0 Å². The molecule has 110 valence electrons. The molecule has 1 heterocycles. The van der Waals surface area contributed by atoms with Crippen LogP contribution < -0.4 is 16.6 Å². The highest BCUT2D eigenvalue weighted by Gasteiger charge is 2.12. The molecule has 4 N–H and O–H groups in total. The van der Waals surface area contributed by atoms with Crippen LogP contribution in [0.15, 0.2) is 42.6 Å². The van der Waals surface area contributed by atoms with Crippen LogP contribution in [0.25, 0.3) is 0 Å². The fraction of sp³-hybridized carbons (Fsp3) is 0.200. The molecule has 0 fully saturated rings. The molecule has 0 aliphatic heterocycles. The van der Waals surface area contributed by atoms with Crippen LogP contribution in [0.5, 0.6) is 0 Å². The van der Waals surface area contributed by atoms with E-state index in [1.807, 2.05) is 37.3 Å². The lowest BCUT2D eigenvalue weighted by Gasteiger charge is -2.14. The molecule has 1 unspecified atom stereocenters. The smallest absolute Gasteiger partial charge is 0.253 e. The second-order valence-corrected chi connectivity index (χ2v) is 5.17. The number of aromatic nitrogens is 1. The summed E-state index contributed by atoms with van der Waals surface area (Å²) in [6.45, 7) is 1.95. The van der Waals surface area contributed by atoms with E-state index in [1.54, 1.807) is 0 Å². The second-order valence-electron chi connectivity index (χ2n) is 4.76. The molecule has 0 saturated carbocycles. The van der Waals surface area contributed by atoms with Gasteiger partial charge in [0.2, 0.25) is 0 Å². The number of pyridine rings is 1. The van der Waals surface area contributed by atoms with E-state index in [2.05, 4.69) is 15.7 Å². The molecule has 1 amide bonds. The Labute approximate surface area is 128 Å². The number of hydrogen-bond acceptors (Lipinski definition) is 4. The summed E-state index contributed by atoms with van der Waals surface area (Å²) in [7, 11) is 0. The molecule has 0 aliphatic carbocycles. The lowest BCUT2D eigenvalue weighted by molar-refractivity contribution is 0.0940. The molecule has 0 radical (unpaired) electrons. The van der Waals surface area contributed by atoms with Crippen LogP contribution in [-0.2, 0) is 6.42 Å². The third-order valence-electron chi connectivity index (χ3n) is 3.00. The lowest BCUT2D eigenvalue weighted by atomic mass is 10.1. The zero-order valence-electron chi connectivity index (χ0n) is 11.6. The summed E-state index contributed by atoms with van der Waals surface area (Å²) < 4.78 is 0. The van der Waals surface area contributed by atoms with Crippen molar-refractivity contribution in [3.05, 3.63) is 58.7 Å². The molecule has 2 rings (SSSR count). The van der Waals surface area contributed by atoms with Gasteiger partial charge in [-0.05, 0) is 25.0 Å². The molecule has 1 atom stereocenters. The standard InChI is InChI=1S/C15H17ClN4O/c1-10(7-11-5-3-2-4-6-11)19-15(21)12-8-13(16)14(20-17)18-9-12/h2-6,8-10H,7,17H2,1H3,(H,18,20)(H,19,21). The van der Waals surface area contributed by atoms with Crippen molar-refractivity contribution in [2.24, 2.45) is 5.84 Å². The van der Waals surface area contributed by atoms with E-state index in [1.165, 1.54) is 17.8 Å². The maximum atomic E-state index is 12.1. The number of nitrogens with two attached hydrogens (primary N) is 1. The van der Waals surface area contributed by atoms with Gasteiger partial charge in [0.1, 0.15) is 0 Å². The predicted molar refractivity (Wildman–Crippen MR) is 84.1 cm³/mol. The van der Waals surface area contributed by atoms with Crippen molar-refractivity contribution in [2.45, 2.75) is 19.4 Å². The van der Waals surface area contributed by atoms with E-state index in [-0.39, 0.29) is 11.9 Å². The molecule has 0 bridgehead atoms. The number of benzene rings is 1. The van der Waals surface area contributed by atoms with E-state index in [0.717, 1.165) is 6.42 Å². The number of halogens is 1. The van der Waals surface area contributed by atoms with Gasteiger partial charge >= 0.3 is 0 Å². The Morgan fingerprint density at radius 3 is 2.71 bits per heavy atom. The lowest BCUT2D eigenvalue weighted by Crippen LogP contribution is -2.34. The van der Waals surface area contributed by atoms with Gasteiger partial charge in [0.05, 0.1) is 10.6 Å². The van der Waals surface area contributed by atoms with E-state index in [4.69, 9.17) is 17.4 Å². The van der Waals surface area contributed by atoms with Crippen molar-refractivity contribution < 1.29 is 4.79 Å². The van der Waals surface area contributed by atoms with Gasteiger partial charge in [0.25, 0.3) is 5.91 Å². The Balaban J connectivity index is 1.99. The summed E-state index contributed by atoms with van der Waals surface area (Å²) in [5, 5.41) is 3.23. The first-order valence-corrected chi connectivity index (χ1v) is 6.95. The largest absolute Gasteiger partial charge is 0.349 e. The highest BCUT2D eigenvalue weighted by atomic mass is 35.5. The monoisotopic (exact) mass is 304 g/mol. The number of carbonyl (C=O) groups excluding carboxylic acids is 1. The summed E-state index contributed by atoms with van der Waals surface area (Å²) in [6.07, 6.45) is 2.20. The molecular weight excluding hydrogens is 288 g/mol. The van der Waals surface area contributed by atoms with Gasteiger partial charge in [-0.3, -0.25) is 4.79 Å². The maximum Gasteiger partial charge on any atom is 0.253 e. The molecule has 5 nitrogen and oxygen atoms in total. The zero-order chi connectivity index (χ0) is 15.2. The van der Waals surface area contributed by atoms with Gasteiger partial charge in [0, 0.05) is 12.2 Å². The van der Waals surface area contributed by atoms with Gasteiger partial charge in [-0.25, -0.2) is 10.8 Å². The fourth-order valence-electron chi connectivity index (χ4n) is 1.99. The first kappa shape index (κ1) is 15.3. The average Bonchev–Trinajstić information content (AvgIpc) is 2.48. The van der Waals surface area contributed by atoms with Crippen molar-refractivity contribution >= 4 is 23.3 Å². The number of nitrogen functional groups attached to an aromatic ring is 1. The minimum absolute atomic E-state index is 0.00554. The summed E-state index contributed by atoms with van der Waals surface area (Å²) in [5.41, 5.74) is 3.93. The summed E-state index contributed by atoms with van der Waals surface area (Å²) in [5.74, 6) is 5.37. The van der Waals surface area contributed by atoms with Crippen LogP contribution in [0, 0.1) is 0 Å². The molecule has 1 aromatic heterocycles. The van der Waals surface area contributed by atoms with Gasteiger partial charge in [-0.2, -0.15) is 0 Å². The topological polar surface area (TPSA) is 80.0 Å². The number of nitrogens with one attached hydrogen (secondary N) is 2. The molecule has 2 aromatic rings. The van der Waals surface area contributed by atoms with Crippen LogP contribution in [0.2, 0.25) is 5.02 Å². The Morgan fingerprint density at radius 1 is 1.38 bits per heavy atom. The van der Waals surface area contributed by atoms with Crippen LogP contribution in [0.4, 0.5) is 5.82 Å². The van der Waals surface area contributed by atoms with Gasteiger partial charge in [0.15, 0.2) is 5.82 Å². The fourth-order valence-corrected chi connectivity index (χ4v) is 2.21. The third-order valence-corrected chi connectivity index (χ3v) is 3.29. The maximum absolute atomic E-state index is 12.1. The van der Waals surface area contributed by atoms with Gasteiger partial charge in [-0.1, -0.05) is 41.9 Å². The third kappa shape index (κ3) is 4.18. The van der Waals surface area contributed by atoms with Crippen molar-refractivity contribution in [3.8, 4) is 0 Å². The van der Waals surface area contributed by atoms with Crippen molar-refractivity contribution in [2.75, 3.05) is 5.43 Å². The van der Waals surface area contributed by atoms with Crippen LogP contribution >= 0.6 is 11.6 Å². The minimum Gasteiger partial charge on any atom is -0.349 e. The Bertz CT molecular complexity index is 618. The van der Waals surface area contributed by atoms with Gasteiger partial charge < -0.3 is 10.7 Å². The molecule has 0 aliphatic rings. The van der Waals surface area contributed by atoms with Crippen LogP contribution in [0.1, 0.15) is 22.8 Å². The predicted octanol–water partition coefficient (Wildman–Crippen LogP) is 2.38. The molecule has 1 aromatic carbocycles. The first-order valence-electron chi connectivity index (χ1n) is 6.57. The minimum atomic E-state index is -0.212. The number of rotatable bonds is 5. The summed E-state index contributed by atoms with van der Waals surface area (Å²) in [4.78, 5) is 16.1. The van der Waals surface area contributed by atoms with Crippen LogP contribution in [0.3, 0.4) is 0 Å². The number of amides is 1. The first-order chi connectivity index (χ1) is 10.1. The summed E-state index contributed by atoms with van der Waals surface area (Å²) >= 11 is 5.95. The quantitative estimate of drug-likeness (QED) is 0.585. The molecular formula is C15H17ClN4O. The normalized spacial score (nSPS) is 11.8. The highest BCUT2D eigenvalue weighted by Crippen LogP contribution is 2.19. The van der Waals surface area contributed by atoms with Gasteiger partial charge in [-0.15, -0.1) is 0 Å². The molecule has 21 heavy (non-hydrogen) atoms. The van der Waals surface area contributed by atoms with E-state index in [9.17, 15) is 4.79 Å². The number of hydrogen-bond donors (Lipinski definition) is 3. The van der Waals surface area contributed by atoms with Crippen molar-refractivity contribution in [3.63, 3.8) is 0 Å². The average molecular weight is 305 g/mol. The van der Waals surface area contributed by atoms with E-state index < -0.39 is 0 Å². The highest BCUT2D eigenvalue weighted by molar-refractivity contribution is 6.33. The van der Waals surface area contributed by atoms with E-state index in [0.29, 0.717) is 16.4 Å². The number of hydrazine groups is 1. The number of carbonyl (C=O) groups is 1. The van der Waals surface area contributed by atoms with Crippen molar-refractivity contribution in [1.82, 2.24) is 10.3 Å². The SMILES string of the molecule is CC(Cc1ccccc1)NC(=O)c1cnc(NN)c(Cl)c1. The number of nitrogens with zero attached hydrogens (tertiary/aromatic N) is 1.